The van der Waals surface area contributed by atoms with Gasteiger partial charge in [0.25, 0.3) is 0 Å². The number of methoxy groups -OCH3 is 2. The molecule has 0 aliphatic carbocycles. The first-order valence-electron chi connectivity index (χ1n) is 9.05. The van der Waals surface area contributed by atoms with Crippen LogP contribution in [0.3, 0.4) is 0 Å². The summed E-state index contributed by atoms with van der Waals surface area (Å²) in [7, 11) is -0.761. The van der Waals surface area contributed by atoms with Crippen molar-refractivity contribution < 1.29 is 27.4 Å². The highest BCUT2D eigenvalue weighted by Crippen LogP contribution is 2.31. The maximum absolute atomic E-state index is 12.6. The molecule has 0 aromatic heterocycles. The van der Waals surface area contributed by atoms with Crippen LogP contribution in [0.25, 0.3) is 0 Å². The molecule has 1 N–H and O–H groups in total. The number of hydrogen-bond acceptors (Lipinski definition) is 6. The summed E-state index contributed by atoms with van der Waals surface area (Å²) in [5.74, 6) is 1.06. The van der Waals surface area contributed by atoms with Crippen molar-refractivity contribution in [1.29, 1.82) is 0 Å². The van der Waals surface area contributed by atoms with Crippen molar-refractivity contribution in [3.05, 3.63) is 47.5 Å². The number of carbonyl (C=O) groups is 1. The third kappa shape index (κ3) is 5.93. The lowest BCUT2D eigenvalue weighted by atomic mass is 10.2. The number of carbonyl (C=O) groups excluding carboxylic acids is 1. The summed E-state index contributed by atoms with van der Waals surface area (Å²) in [5, 5.41) is 2.92. The fourth-order valence-electron chi connectivity index (χ4n) is 2.82. The minimum atomic E-state index is -3.76. The van der Waals surface area contributed by atoms with Crippen LogP contribution in [0.5, 0.6) is 17.2 Å². The van der Waals surface area contributed by atoms with Crippen LogP contribution in [-0.4, -0.2) is 54.0 Å². The Labute approximate surface area is 181 Å². The summed E-state index contributed by atoms with van der Waals surface area (Å²) in [6.07, 6.45) is 1.03. The van der Waals surface area contributed by atoms with Gasteiger partial charge in [-0.15, -0.1) is 0 Å². The molecule has 10 heteroatoms. The maximum Gasteiger partial charge on any atom is 0.243 e. The Hall–Kier alpha value is -2.65. The average Bonchev–Trinajstić information content (AvgIpc) is 2.70. The zero-order valence-corrected chi connectivity index (χ0v) is 18.8. The van der Waals surface area contributed by atoms with Crippen LogP contribution in [0.15, 0.2) is 42.5 Å². The largest absolute Gasteiger partial charge is 0.495 e. The van der Waals surface area contributed by atoms with Crippen molar-refractivity contribution in [1.82, 2.24) is 5.32 Å². The molecule has 164 valence electrons. The van der Waals surface area contributed by atoms with Crippen LogP contribution in [-0.2, 0) is 14.8 Å². The normalized spacial score (nSPS) is 12.0. The van der Waals surface area contributed by atoms with E-state index in [1.54, 1.807) is 18.2 Å². The van der Waals surface area contributed by atoms with Crippen molar-refractivity contribution in [3.63, 3.8) is 0 Å². The van der Waals surface area contributed by atoms with Crippen molar-refractivity contribution in [3.8, 4) is 17.2 Å². The van der Waals surface area contributed by atoms with Crippen LogP contribution in [0.1, 0.15) is 6.92 Å². The van der Waals surface area contributed by atoms with E-state index < -0.39 is 22.0 Å². The molecule has 0 heterocycles. The Morgan fingerprint density at radius 1 is 1.10 bits per heavy atom. The molecule has 0 unspecified atom stereocenters. The van der Waals surface area contributed by atoms with E-state index in [2.05, 4.69) is 5.32 Å². The van der Waals surface area contributed by atoms with Crippen LogP contribution in [0.2, 0.25) is 5.02 Å². The smallest absolute Gasteiger partial charge is 0.243 e. The van der Waals surface area contributed by atoms with Gasteiger partial charge < -0.3 is 19.5 Å². The molecular weight excluding hydrogens is 432 g/mol. The summed E-state index contributed by atoms with van der Waals surface area (Å²) in [5.41, 5.74) is 0.260. The fourth-order valence-corrected chi connectivity index (χ4v) is 4.24. The molecule has 2 rings (SSSR count). The number of anilines is 1. The minimum Gasteiger partial charge on any atom is -0.495 e. The predicted octanol–water partition coefficient (Wildman–Crippen LogP) is 2.71. The van der Waals surface area contributed by atoms with Crippen LogP contribution in [0, 0.1) is 0 Å². The van der Waals surface area contributed by atoms with E-state index >= 15 is 0 Å². The van der Waals surface area contributed by atoms with E-state index in [4.69, 9.17) is 25.8 Å². The lowest BCUT2D eigenvalue weighted by molar-refractivity contribution is -0.121. The van der Waals surface area contributed by atoms with Gasteiger partial charge in [-0.05, 0) is 37.3 Å². The first-order valence-corrected chi connectivity index (χ1v) is 11.3. The lowest BCUT2D eigenvalue weighted by Gasteiger charge is -2.28. The molecule has 0 fully saturated rings. The standard InChI is InChI=1S/C20H25ClN2O6S/c1-14(20(24)22-11-12-29-19-8-6-5-7-18(19)28-3)23(30(4,25)26)15-9-10-17(27-2)16(21)13-15/h5-10,13-14H,11-12H2,1-4H3,(H,22,24)/t14-/m0/s1. The molecule has 0 radical (unpaired) electrons. The molecule has 2 aromatic carbocycles. The number of nitrogens with one attached hydrogen (secondary N) is 1. The topological polar surface area (TPSA) is 94.2 Å². The van der Waals surface area contributed by atoms with Gasteiger partial charge in [0.2, 0.25) is 15.9 Å². The zero-order valence-electron chi connectivity index (χ0n) is 17.2. The number of ether oxygens (including phenoxy) is 3. The highest BCUT2D eigenvalue weighted by Gasteiger charge is 2.29. The van der Waals surface area contributed by atoms with Gasteiger partial charge in [-0.3, -0.25) is 9.10 Å². The van der Waals surface area contributed by atoms with Crippen LogP contribution < -0.4 is 23.8 Å². The number of hydrogen-bond donors (Lipinski definition) is 1. The molecule has 0 aliphatic rings. The van der Waals surface area contributed by atoms with Gasteiger partial charge in [0, 0.05) is 0 Å². The predicted molar refractivity (Wildman–Crippen MR) is 116 cm³/mol. The van der Waals surface area contributed by atoms with Crippen molar-refractivity contribution in [2.75, 3.05) is 37.9 Å². The molecular formula is C20H25ClN2O6S. The molecule has 0 aliphatic heterocycles. The molecule has 0 saturated carbocycles. The highest BCUT2D eigenvalue weighted by molar-refractivity contribution is 7.92. The number of rotatable bonds is 10. The third-order valence-corrected chi connectivity index (χ3v) is 5.74. The molecule has 1 amide bonds. The Morgan fingerprint density at radius 3 is 2.30 bits per heavy atom. The number of nitrogens with zero attached hydrogens (tertiary/aromatic N) is 1. The molecule has 0 bridgehead atoms. The monoisotopic (exact) mass is 456 g/mol. The molecule has 8 nitrogen and oxygen atoms in total. The maximum atomic E-state index is 12.6. The number of sulfonamides is 1. The molecule has 30 heavy (non-hydrogen) atoms. The van der Waals surface area contributed by atoms with Gasteiger partial charge in [0.05, 0.1) is 37.7 Å². The van der Waals surface area contributed by atoms with E-state index in [9.17, 15) is 13.2 Å². The lowest BCUT2D eigenvalue weighted by Crippen LogP contribution is -2.48. The summed E-state index contributed by atoms with van der Waals surface area (Å²) < 4.78 is 41.6. The summed E-state index contributed by atoms with van der Waals surface area (Å²) in [6, 6.07) is 10.7. The molecule has 0 spiro atoms. The Morgan fingerprint density at radius 2 is 1.73 bits per heavy atom. The fraction of sp³-hybridized carbons (Fsp3) is 0.350. The second-order valence-electron chi connectivity index (χ2n) is 6.34. The molecule has 1 atom stereocenters. The summed E-state index contributed by atoms with van der Waals surface area (Å²) in [6.45, 7) is 1.86. The van der Waals surface area contributed by atoms with Crippen molar-refractivity contribution in [2.24, 2.45) is 0 Å². The number of para-hydroxylation sites is 2. The minimum absolute atomic E-state index is 0.183. The highest BCUT2D eigenvalue weighted by atomic mass is 35.5. The second-order valence-corrected chi connectivity index (χ2v) is 8.61. The SMILES string of the molecule is COc1ccc(N([C@@H](C)C(=O)NCCOc2ccccc2OC)S(C)(=O)=O)cc1Cl. The van der Waals surface area contributed by atoms with Gasteiger partial charge in [-0.2, -0.15) is 0 Å². The average molecular weight is 457 g/mol. The first kappa shape index (κ1) is 23.6. The van der Waals surface area contributed by atoms with Crippen molar-refractivity contribution >= 4 is 33.2 Å². The number of benzene rings is 2. The van der Waals surface area contributed by atoms with Crippen molar-refractivity contribution in [2.45, 2.75) is 13.0 Å². The number of halogens is 1. The van der Waals surface area contributed by atoms with E-state index in [-0.39, 0.29) is 23.9 Å². The van der Waals surface area contributed by atoms with Gasteiger partial charge in [-0.1, -0.05) is 23.7 Å². The van der Waals surface area contributed by atoms with Crippen LogP contribution in [0.4, 0.5) is 5.69 Å². The van der Waals surface area contributed by atoms with E-state index in [1.807, 2.05) is 12.1 Å². The van der Waals surface area contributed by atoms with E-state index in [0.717, 1.165) is 10.6 Å². The van der Waals surface area contributed by atoms with Gasteiger partial charge in [-0.25, -0.2) is 8.42 Å². The van der Waals surface area contributed by atoms with E-state index in [1.165, 1.54) is 33.3 Å². The Balaban J connectivity index is 2.04. The Bertz CT molecular complexity index is 983. The third-order valence-electron chi connectivity index (χ3n) is 4.21. The van der Waals surface area contributed by atoms with Gasteiger partial charge in [0.15, 0.2) is 11.5 Å². The Kier molecular flexibility index (Phi) is 8.19. The second kappa shape index (κ2) is 10.4. The molecule has 2 aromatic rings. The first-order chi connectivity index (χ1) is 14.2. The van der Waals surface area contributed by atoms with Gasteiger partial charge >= 0.3 is 0 Å². The van der Waals surface area contributed by atoms with Crippen LogP contribution >= 0.6 is 11.6 Å². The van der Waals surface area contributed by atoms with Gasteiger partial charge in [0.1, 0.15) is 18.4 Å². The quantitative estimate of drug-likeness (QED) is 0.552. The molecule has 0 saturated heterocycles. The van der Waals surface area contributed by atoms with E-state index in [0.29, 0.717) is 17.2 Å². The summed E-state index contributed by atoms with van der Waals surface area (Å²) in [4.78, 5) is 12.6. The zero-order chi connectivity index (χ0) is 22.3. The summed E-state index contributed by atoms with van der Waals surface area (Å²) >= 11 is 6.12. The number of amides is 1.